The second-order valence-electron chi connectivity index (χ2n) is 2.58. The predicted octanol–water partition coefficient (Wildman–Crippen LogP) is 0.644. The summed E-state index contributed by atoms with van der Waals surface area (Å²) in [7, 11) is -0.432. The highest BCUT2D eigenvalue weighted by atomic mass is 28.3. The zero-order valence-corrected chi connectivity index (χ0v) is 7.84. The molecule has 0 aromatic carbocycles. The molecule has 10 heavy (non-hydrogen) atoms. The van der Waals surface area contributed by atoms with Gasteiger partial charge in [0.2, 0.25) is 0 Å². The smallest absolute Gasteiger partial charge is 0.117 e. The van der Waals surface area contributed by atoms with Crippen molar-refractivity contribution in [1.29, 1.82) is 5.41 Å². The fourth-order valence-electron chi connectivity index (χ4n) is 0.492. The molecule has 0 aliphatic carbocycles. The topological polar surface area (TPSA) is 45.1 Å². The van der Waals surface area contributed by atoms with Gasteiger partial charge < -0.3 is 10.1 Å². The Bertz CT molecular complexity index is 87.8. The highest BCUT2D eigenvalue weighted by Gasteiger charge is 1.93. The van der Waals surface area contributed by atoms with Crippen molar-refractivity contribution in [3.63, 3.8) is 0 Å². The minimum Gasteiger partial charge on any atom is -0.362 e. The molecule has 2 N–H and O–H groups in total. The molecule has 0 saturated carbocycles. The van der Waals surface area contributed by atoms with Crippen LogP contribution in [0.25, 0.3) is 0 Å². The molecule has 0 aromatic heterocycles. The van der Waals surface area contributed by atoms with Crippen LogP contribution in [-0.2, 0) is 4.74 Å². The number of nitrogens with one attached hydrogen (secondary N) is 2. The van der Waals surface area contributed by atoms with E-state index in [1.165, 1.54) is 6.04 Å². The Balaban J connectivity index is 2.83. The summed E-state index contributed by atoms with van der Waals surface area (Å²) in [5.74, 6) is 0. The number of hydrogen-bond donors (Lipinski definition) is 2. The van der Waals surface area contributed by atoms with Gasteiger partial charge >= 0.3 is 0 Å². The second kappa shape index (κ2) is 6.76. The monoisotopic (exact) mass is 160 g/mol. The summed E-state index contributed by atoms with van der Waals surface area (Å²) in [5, 5.41) is 9.27. The fraction of sp³-hybridized carbons (Fsp3) is 0.833. The SMILES string of the molecule is C[SiH](C)CCOCNC=N. The van der Waals surface area contributed by atoms with E-state index in [-0.39, 0.29) is 0 Å². The molecule has 0 fully saturated rings. The third-order valence-corrected chi connectivity index (χ3v) is 2.52. The van der Waals surface area contributed by atoms with E-state index in [1.54, 1.807) is 0 Å². The number of ether oxygens (including phenoxy) is 1. The first-order valence-electron chi connectivity index (χ1n) is 3.57. The Morgan fingerprint density at radius 3 is 2.80 bits per heavy atom. The zero-order chi connectivity index (χ0) is 7.82. The Hall–Kier alpha value is -0.353. The van der Waals surface area contributed by atoms with Crippen molar-refractivity contribution < 1.29 is 4.74 Å². The van der Waals surface area contributed by atoms with E-state index < -0.39 is 8.80 Å². The molecule has 4 heteroatoms. The Labute approximate surface area is 63.9 Å². The summed E-state index contributed by atoms with van der Waals surface area (Å²) in [6, 6.07) is 1.22. The maximum Gasteiger partial charge on any atom is 0.117 e. The maximum absolute atomic E-state index is 6.62. The van der Waals surface area contributed by atoms with Crippen molar-refractivity contribution in [1.82, 2.24) is 5.32 Å². The van der Waals surface area contributed by atoms with Crippen LogP contribution in [0.3, 0.4) is 0 Å². The summed E-state index contributed by atoms with van der Waals surface area (Å²) in [6.45, 7) is 5.91. The molecule has 0 saturated heterocycles. The van der Waals surface area contributed by atoms with Crippen molar-refractivity contribution in [2.24, 2.45) is 0 Å². The van der Waals surface area contributed by atoms with Gasteiger partial charge in [0.05, 0.1) is 6.34 Å². The zero-order valence-electron chi connectivity index (χ0n) is 6.68. The fourth-order valence-corrected chi connectivity index (χ4v) is 1.13. The summed E-state index contributed by atoms with van der Waals surface area (Å²) in [4.78, 5) is 0. The lowest BCUT2D eigenvalue weighted by Gasteiger charge is -2.03. The number of hydrogen-bond acceptors (Lipinski definition) is 2. The molecule has 0 aliphatic rings. The van der Waals surface area contributed by atoms with E-state index in [0.717, 1.165) is 12.9 Å². The van der Waals surface area contributed by atoms with Crippen LogP contribution in [-0.4, -0.2) is 28.5 Å². The van der Waals surface area contributed by atoms with Crippen molar-refractivity contribution >= 4 is 15.1 Å². The van der Waals surface area contributed by atoms with Crippen LogP contribution in [0.5, 0.6) is 0 Å². The van der Waals surface area contributed by atoms with Gasteiger partial charge in [-0.3, -0.25) is 5.41 Å². The van der Waals surface area contributed by atoms with Crippen molar-refractivity contribution in [3.05, 3.63) is 0 Å². The van der Waals surface area contributed by atoms with E-state index in [1.807, 2.05) is 0 Å². The van der Waals surface area contributed by atoms with Crippen LogP contribution in [0.15, 0.2) is 0 Å². The molecular formula is C6H16N2OSi. The van der Waals surface area contributed by atoms with Gasteiger partial charge in [-0.05, 0) is 6.04 Å². The van der Waals surface area contributed by atoms with E-state index in [4.69, 9.17) is 10.1 Å². The minimum absolute atomic E-state index is 0.432. The predicted molar refractivity (Wildman–Crippen MR) is 46.4 cm³/mol. The second-order valence-corrected chi connectivity index (χ2v) is 5.95. The molecule has 0 aliphatic heterocycles. The molecule has 0 bridgehead atoms. The van der Waals surface area contributed by atoms with E-state index in [2.05, 4.69) is 18.4 Å². The highest BCUT2D eigenvalue weighted by Crippen LogP contribution is 1.89. The lowest BCUT2D eigenvalue weighted by molar-refractivity contribution is 0.142. The van der Waals surface area contributed by atoms with Crippen LogP contribution >= 0.6 is 0 Å². The molecule has 60 valence electrons. The quantitative estimate of drug-likeness (QED) is 0.197. The lowest BCUT2D eigenvalue weighted by Crippen LogP contribution is -2.16. The van der Waals surface area contributed by atoms with Gasteiger partial charge in [0, 0.05) is 15.4 Å². The minimum atomic E-state index is -0.432. The van der Waals surface area contributed by atoms with Gasteiger partial charge in [-0.25, -0.2) is 0 Å². The molecular weight excluding hydrogens is 144 g/mol. The van der Waals surface area contributed by atoms with Gasteiger partial charge in [-0.2, -0.15) is 0 Å². The molecule has 0 unspecified atom stereocenters. The normalized spacial score (nSPS) is 9.90. The van der Waals surface area contributed by atoms with E-state index in [9.17, 15) is 0 Å². The average Bonchev–Trinajstić information content (AvgIpc) is 1.87. The summed E-state index contributed by atoms with van der Waals surface area (Å²) < 4.78 is 5.16. The van der Waals surface area contributed by atoms with Gasteiger partial charge in [-0.1, -0.05) is 13.1 Å². The third kappa shape index (κ3) is 7.65. The Morgan fingerprint density at radius 1 is 1.60 bits per heavy atom. The Morgan fingerprint density at radius 2 is 2.30 bits per heavy atom. The lowest BCUT2D eigenvalue weighted by atomic mass is 10.8. The van der Waals surface area contributed by atoms with Gasteiger partial charge in [0.1, 0.15) is 6.73 Å². The van der Waals surface area contributed by atoms with Crippen LogP contribution in [0.2, 0.25) is 19.1 Å². The maximum atomic E-state index is 6.62. The molecule has 3 nitrogen and oxygen atoms in total. The van der Waals surface area contributed by atoms with Crippen molar-refractivity contribution in [2.45, 2.75) is 19.1 Å². The molecule has 0 spiro atoms. The standard InChI is InChI=1S/C6H16N2OSi/c1-10(2)4-3-9-6-8-5-7/h5,10H,3-4,6H2,1-2H3,(H2,7,8). The van der Waals surface area contributed by atoms with Gasteiger partial charge in [-0.15, -0.1) is 0 Å². The van der Waals surface area contributed by atoms with Gasteiger partial charge in [0.25, 0.3) is 0 Å². The summed E-state index contributed by atoms with van der Waals surface area (Å²) >= 11 is 0. The largest absolute Gasteiger partial charge is 0.362 e. The average molecular weight is 160 g/mol. The molecule has 0 heterocycles. The molecule has 0 rings (SSSR count). The molecule has 0 amide bonds. The first kappa shape index (κ1) is 9.65. The molecule has 0 atom stereocenters. The summed E-state index contributed by atoms with van der Waals surface area (Å²) in [5.41, 5.74) is 0. The van der Waals surface area contributed by atoms with Crippen LogP contribution in [0.4, 0.5) is 0 Å². The van der Waals surface area contributed by atoms with Crippen LogP contribution < -0.4 is 5.32 Å². The molecule has 0 aromatic rings. The van der Waals surface area contributed by atoms with Crippen molar-refractivity contribution in [3.8, 4) is 0 Å². The Kier molecular flexibility index (Phi) is 6.52. The summed E-state index contributed by atoms with van der Waals surface area (Å²) in [6.07, 6.45) is 1.15. The van der Waals surface area contributed by atoms with Crippen LogP contribution in [0, 0.1) is 5.41 Å². The molecule has 0 radical (unpaired) electrons. The highest BCUT2D eigenvalue weighted by molar-refractivity contribution is 6.55. The first-order chi connectivity index (χ1) is 4.77. The number of rotatable bonds is 6. The first-order valence-corrected chi connectivity index (χ1v) is 6.70. The van der Waals surface area contributed by atoms with E-state index >= 15 is 0 Å². The van der Waals surface area contributed by atoms with Gasteiger partial charge in [0.15, 0.2) is 0 Å². The van der Waals surface area contributed by atoms with Crippen molar-refractivity contribution in [2.75, 3.05) is 13.3 Å². The third-order valence-electron chi connectivity index (χ3n) is 1.13. The van der Waals surface area contributed by atoms with Crippen LogP contribution in [0.1, 0.15) is 0 Å². The van der Waals surface area contributed by atoms with E-state index in [0.29, 0.717) is 6.73 Å².